The van der Waals surface area contributed by atoms with Crippen molar-refractivity contribution in [3.05, 3.63) is 22.2 Å². The first kappa shape index (κ1) is 16.0. The highest BCUT2D eigenvalue weighted by molar-refractivity contribution is 9.10. The van der Waals surface area contributed by atoms with Crippen molar-refractivity contribution in [2.45, 2.75) is 6.92 Å². The van der Waals surface area contributed by atoms with Gasteiger partial charge in [0.2, 0.25) is 0 Å². The largest absolute Gasteiger partial charge is 0.493 e. The Morgan fingerprint density at radius 3 is 2.58 bits per heavy atom. The second-order valence-electron chi connectivity index (χ2n) is 3.74. The van der Waals surface area contributed by atoms with E-state index < -0.39 is 9.84 Å². The van der Waals surface area contributed by atoms with Gasteiger partial charge in [-0.25, -0.2) is 8.42 Å². The number of hydrogen-bond donors (Lipinski definition) is 0. The van der Waals surface area contributed by atoms with Gasteiger partial charge in [-0.3, -0.25) is 4.79 Å². The van der Waals surface area contributed by atoms with Crippen molar-refractivity contribution < 1.29 is 22.7 Å². The molecule has 1 rings (SSSR count). The standard InChI is InChI=1S/C12H15BrO5S/c1-3-19(15,16)5-4-18-12-10(13)6-9(8-14)7-11(12)17-2/h6-8H,3-5H2,1-2H3. The van der Waals surface area contributed by atoms with Crippen LogP contribution in [0.2, 0.25) is 0 Å². The van der Waals surface area contributed by atoms with Gasteiger partial charge in [0.05, 0.1) is 17.3 Å². The Morgan fingerprint density at radius 2 is 2.05 bits per heavy atom. The number of methoxy groups -OCH3 is 1. The topological polar surface area (TPSA) is 69.7 Å². The summed E-state index contributed by atoms with van der Waals surface area (Å²) in [7, 11) is -1.62. The Labute approximate surface area is 121 Å². The lowest BCUT2D eigenvalue weighted by molar-refractivity contribution is 0.112. The van der Waals surface area contributed by atoms with Gasteiger partial charge in [0.25, 0.3) is 0 Å². The van der Waals surface area contributed by atoms with Crippen LogP contribution in [0.15, 0.2) is 16.6 Å². The van der Waals surface area contributed by atoms with Crippen molar-refractivity contribution in [1.29, 1.82) is 0 Å². The highest BCUT2D eigenvalue weighted by Gasteiger charge is 2.13. The minimum absolute atomic E-state index is 0.0333. The predicted octanol–water partition coefficient (Wildman–Crippen LogP) is 2.08. The summed E-state index contributed by atoms with van der Waals surface area (Å²) in [5, 5.41) is 0. The van der Waals surface area contributed by atoms with Gasteiger partial charge in [0.15, 0.2) is 21.3 Å². The fraction of sp³-hybridized carbons (Fsp3) is 0.417. The van der Waals surface area contributed by atoms with Gasteiger partial charge in [0.1, 0.15) is 12.9 Å². The van der Waals surface area contributed by atoms with Crippen LogP contribution in [0, 0.1) is 0 Å². The molecule has 0 N–H and O–H groups in total. The lowest BCUT2D eigenvalue weighted by Crippen LogP contribution is -2.16. The molecular weight excluding hydrogens is 336 g/mol. The SMILES string of the molecule is CCS(=O)(=O)CCOc1c(Br)cc(C=O)cc1OC. The van der Waals surface area contributed by atoms with Gasteiger partial charge in [-0.05, 0) is 28.1 Å². The molecule has 1 aromatic rings. The zero-order chi connectivity index (χ0) is 14.5. The van der Waals surface area contributed by atoms with Crippen LogP contribution in [-0.2, 0) is 9.84 Å². The summed E-state index contributed by atoms with van der Waals surface area (Å²) in [5.74, 6) is 0.789. The molecule has 0 unspecified atom stereocenters. The van der Waals surface area contributed by atoms with Gasteiger partial charge in [-0.15, -0.1) is 0 Å². The maximum atomic E-state index is 11.4. The second-order valence-corrected chi connectivity index (χ2v) is 7.06. The van der Waals surface area contributed by atoms with Crippen LogP contribution in [0.5, 0.6) is 11.5 Å². The predicted molar refractivity (Wildman–Crippen MR) is 75.9 cm³/mol. The first-order valence-corrected chi connectivity index (χ1v) is 8.21. The van der Waals surface area contributed by atoms with Gasteiger partial charge in [-0.1, -0.05) is 6.92 Å². The Morgan fingerprint density at radius 1 is 1.37 bits per heavy atom. The van der Waals surface area contributed by atoms with E-state index in [1.54, 1.807) is 13.0 Å². The number of hydrogen-bond acceptors (Lipinski definition) is 5. The fourth-order valence-corrected chi connectivity index (χ4v) is 2.56. The molecule has 0 aliphatic rings. The van der Waals surface area contributed by atoms with Crippen LogP contribution in [0.1, 0.15) is 17.3 Å². The Hall–Kier alpha value is -1.08. The first-order valence-electron chi connectivity index (χ1n) is 5.59. The maximum Gasteiger partial charge on any atom is 0.175 e. The normalized spacial score (nSPS) is 11.1. The Balaban J connectivity index is 2.86. The van der Waals surface area contributed by atoms with E-state index in [0.29, 0.717) is 27.8 Å². The minimum Gasteiger partial charge on any atom is -0.493 e. The van der Waals surface area contributed by atoms with E-state index in [1.165, 1.54) is 13.2 Å². The second kappa shape index (κ2) is 6.91. The van der Waals surface area contributed by atoms with E-state index >= 15 is 0 Å². The molecular formula is C12H15BrO5S. The Bertz CT molecular complexity index is 553. The quantitative estimate of drug-likeness (QED) is 0.704. The average Bonchev–Trinajstić information content (AvgIpc) is 2.39. The highest BCUT2D eigenvalue weighted by atomic mass is 79.9. The van der Waals surface area contributed by atoms with E-state index in [9.17, 15) is 13.2 Å². The van der Waals surface area contributed by atoms with Crippen molar-refractivity contribution in [2.75, 3.05) is 25.2 Å². The zero-order valence-electron chi connectivity index (χ0n) is 10.7. The van der Waals surface area contributed by atoms with Crippen LogP contribution < -0.4 is 9.47 Å². The first-order chi connectivity index (χ1) is 8.93. The molecule has 5 nitrogen and oxygen atoms in total. The summed E-state index contributed by atoms with van der Waals surface area (Å²) in [5.41, 5.74) is 0.442. The average molecular weight is 351 g/mol. The summed E-state index contributed by atoms with van der Waals surface area (Å²) in [6.45, 7) is 1.62. The zero-order valence-corrected chi connectivity index (χ0v) is 13.1. The molecule has 106 valence electrons. The summed E-state index contributed by atoms with van der Waals surface area (Å²) in [4.78, 5) is 10.7. The van der Waals surface area contributed by atoms with E-state index in [0.717, 1.165) is 0 Å². The summed E-state index contributed by atoms with van der Waals surface area (Å²) in [6, 6.07) is 3.11. The van der Waals surface area contributed by atoms with Crippen LogP contribution in [0.3, 0.4) is 0 Å². The fourth-order valence-electron chi connectivity index (χ4n) is 1.36. The van der Waals surface area contributed by atoms with Crippen molar-refractivity contribution in [3.63, 3.8) is 0 Å². The van der Waals surface area contributed by atoms with Crippen molar-refractivity contribution in [3.8, 4) is 11.5 Å². The van der Waals surface area contributed by atoms with Crippen LogP contribution >= 0.6 is 15.9 Å². The number of aldehydes is 1. The summed E-state index contributed by atoms with van der Waals surface area (Å²) < 4.78 is 33.8. The van der Waals surface area contributed by atoms with Crippen LogP contribution in [-0.4, -0.2) is 39.9 Å². The van der Waals surface area contributed by atoms with Gasteiger partial charge in [0, 0.05) is 11.3 Å². The van der Waals surface area contributed by atoms with Gasteiger partial charge < -0.3 is 9.47 Å². The lowest BCUT2D eigenvalue weighted by Gasteiger charge is -2.13. The molecule has 0 fully saturated rings. The molecule has 0 aliphatic heterocycles. The number of ether oxygens (including phenoxy) is 2. The van der Waals surface area contributed by atoms with Crippen molar-refractivity contribution in [2.24, 2.45) is 0 Å². The van der Waals surface area contributed by atoms with Gasteiger partial charge >= 0.3 is 0 Å². The number of rotatable bonds is 7. The number of sulfone groups is 1. The molecule has 0 radical (unpaired) electrons. The molecule has 0 spiro atoms. The number of benzene rings is 1. The molecule has 0 heterocycles. The lowest BCUT2D eigenvalue weighted by atomic mass is 10.2. The molecule has 0 aliphatic carbocycles. The van der Waals surface area contributed by atoms with Crippen molar-refractivity contribution in [1.82, 2.24) is 0 Å². The molecule has 19 heavy (non-hydrogen) atoms. The molecule has 0 saturated heterocycles. The molecule has 0 amide bonds. The van der Waals surface area contributed by atoms with Gasteiger partial charge in [-0.2, -0.15) is 0 Å². The molecule has 0 saturated carbocycles. The summed E-state index contributed by atoms with van der Waals surface area (Å²) in [6.07, 6.45) is 0.693. The molecule has 0 aromatic heterocycles. The third kappa shape index (κ3) is 4.50. The number of carbonyl (C=O) groups excluding carboxylic acids is 1. The third-order valence-electron chi connectivity index (χ3n) is 2.47. The minimum atomic E-state index is -3.07. The van der Waals surface area contributed by atoms with Crippen LogP contribution in [0.4, 0.5) is 0 Å². The molecule has 0 atom stereocenters. The van der Waals surface area contributed by atoms with E-state index in [1.807, 2.05) is 0 Å². The van der Waals surface area contributed by atoms with E-state index in [4.69, 9.17) is 9.47 Å². The Kier molecular flexibility index (Phi) is 5.81. The molecule has 7 heteroatoms. The van der Waals surface area contributed by atoms with Crippen LogP contribution in [0.25, 0.3) is 0 Å². The molecule has 0 bridgehead atoms. The molecule has 1 aromatic carbocycles. The summed E-state index contributed by atoms with van der Waals surface area (Å²) >= 11 is 3.26. The highest BCUT2D eigenvalue weighted by Crippen LogP contribution is 2.36. The van der Waals surface area contributed by atoms with E-state index in [-0.39, 0.29) is 18.1 Å². The van der Waals surface area contributed by atoms with Crippen molar-refractivity contribution >= 4 is 32.1 Å². The third-order valence-corrected chi connectivity index (χ3v) is 4.73. The smallest absolute Gasteiger partial charge is 0.175 e. The number of halogens is 1. The van der Waals surface area contributed by atoms with E-state index in [2.05, 4.69) is 15.9 Å². The monoisotopic (exact) mass is 350 g/mol. The maximum absolute atomic E-state index is 11.4. The number of carbonyl (C=O) groups is 1.